The first-order chi connectivity index (χ1) is 13.1. The number of Topliss-reactive ketones (excluding diaryl/α,β-unsaturated/α-hetero) is 2. The summed E-state index contributed by atoms with van der Waals surface area (Å²) in [5.74, 6) is 0.808. The number of rotatable bonds is 7. The Morgan fingerprint density at radius 1 is 0.741 bits per heavy atom. The number of methoxy groups -OCH3 is 1. The van der Waals surface area contributed by atoms with Gasteiger partial charge in [-0.05, 0) is 30.3 Å². The van der Waals surface area contributed by atoms with Gasteiger partial charge in [-0.1, -0.05) is 30.3 Å². The predicted octanol–water partition coefficient (Wildman–Crippen LogP) is 3.37. The molecular weight excluding hydrogens is 338 g/mol. The molecule has 0 amide bonds. The van der Waals surface area contributed by atoms with Crippen LogP contribution in [0.3, 0.4) is 0 Å². The van der Waals surface area contributed by atoms with Crippen LogP contribution in [0.2, 0.25) is 0 Å². The number of benzene rings is 2. The van der Waals surface area contributed by atoms with Crippen LogP contribution in [0.4, 0.5) is 0 Å². The molecule has 1 aromatic heterocycles. The van der Waals surface area contributed by atoms with E-state index in [0.29, 0.717) is 17.5 Å². The SMILES string of the molecule is COc1ccc(C(=O)Cc2cccc(CC(=O)c3ccccc3)[n+]2C)cc1. The molecule has 136 valence electrons. The maximum atomic E-state index is 12.6. The minimum atomic E-state index is 0.0276. The van der Waals surface area contributed by atoms with Crippen LogP contribution in [0.25, 0.3) is 0 Å². The molecular formula is C23H22NO3+. The Hall–Kier alpha value is -3.27. The van der Waals surface area contributed by atoms with E-state index in [1.165, 1.54) is 0 Å². The van der Waals surface area contributed by atoms with Crippen molar-refractivity contribution in [1.29, 1.82) is 0 Å². The summed E-state index contributed by atoms with van der Waals surface area (Å²) in [5, 5.41) is 0. The van der Waals surface area contributed by atoms with Gasteiger partial charge in [0.1, 0.15) is 12.8 Å². The first-order valence-corrected chi connectivity index (χ1v) is 8.81. The van der Waals surface area contributed by atoms with Gasteiger partial charge in [-0.3, -0.25) is 9.59 Å². The zero-order chi connectivity index (χ0) is 19.2. The van der Waals surface area contributed by atoms with Gasteiger partial charge in [0.2, 0.25) is 0 Å². The molecule has 0 spiro atoms. The van der Waals surface area contributed by atoms with Crippen LogP contribution in [-0.2, 0) is 19.9 Å². The average molecular weight is 360 g/mol. The molecule has 0 atom stereocenters. The van der Waals surface area contributed by atoms with Crippen LogP contribution in [-0.4, -0.2) is 18.7 Å². The average Bonchev–Trinajstić information content (AvgIpc) is 2.71. The Morgan fingerprint density at radius 3 is 1.78 bits per heavy atom. The molecule has 0 aliphatic heterocycles. The summed E-state index contributed by atoms with van der Waals surface area (Å²) >= 11 is 0. The first kappa shape index (κ1) is 18.5. The highest BCUT2D eigenvalue weighted by molar-refractivity contribution is 5.97. The number of carbonyl (C=O) groups is 2. The number of nitrogens with zero attached hydrogens (tertiary/aromatic N) is 1. The van der Waals surface area contributed by atoms with Crippen LogP contribution >= 0.6 is 0 Å². The molecule has 0 unspecified atom stereocenters. The lowest BCUT2D eigenvalue weighted by molar-refractivity contribution is -0.685. The van der Waals surface area contributed by atoms with Crippen LogP contribution in [0.1, 0.15) is 32.1 Å². The molecule has 3 rings (SSSR count). The Balaban J connectivity index is 1.76. The van der Waals surface area contributed by atoms with Gasteiger partial charge in [0.15, 0.2) is 23.0 Å². The maximum absolute atomic E-state index is 12.6. The number of aromatic nitrogens is 1. The van der Waals surface area contributed by atoms with Crippen molar-refractivity contribution in [3.8, 4) is 5.75 Å². The fraction of sp³-hybridized carbons (Fsp3) is 0.174. The number of ether oxygens (including phenoxy) is 1. The molecule has 0 bridgehead atoms. The fourth-order valence-corrected chi connectivity index (χ4v) is 2.97. The first-order valence-electron chi connectivity index (χ1n) is 8.81. The minimum Gasteiger partial charge on any atom is -0.497 e. The van der Waals surface area contributed by atoms with Gasteiger partial charge in [0.25, 0.3) is 0 Å². The molecule has 3 aromatic rings. The number of hydrogen-bond acceptors (Lipinski definition) is 3. The van der Waals surface area contributed by atoms with E-state index in [1.807, 2.05) is 60.1 Å². The standard InChI is InChI=1S/C23H22NO3/c1-24-19(15-22(25)17-7-4-3-5-8-17)9-6-10-20(24)16-23(26)18-11-13-21(27-2)14-12-18/h3-14H,15-16H2,1-2H3/q+1. The van der Waals surface area contributed by atoms with Gasteiger partial charge in [0, 0.05) is 23.3 Å². The summed E-state index contributed by atoms with van der Waals surface area (Å²) in [6.07, 6.45) is 0.571. The lowest BCUT2D eigenvalue weighted by Gasteiger charge is -2.06. The second-order valence-electron chi connectivity index (χ2n) is 6.36. The van der Waals surface area contributed by atoms with E-state index in [2.05, 4.69) is 0 Å². The summed E-state index contributed by atoms with van der Waals surface area (Å²) in [6.45, 7) is 0. The Labute approximate surface area is 159 Å². The smallest absolute Gasteiger partial charge is 0.189 e. The Kier molecular flexibility index (Phi) is 5.77. The second-order valence-corrected chi connectivity index (χ2v) is 6.36. The van der Waals surface area contributed by atoms with Gasteiger partial charge in [-0.25, -0.2) is 4.57 Å². The quantitative estimate of drug-likeness (QED) is 0.479. The van der Waals surface area contributed by atoms with Gasteiger partial charge < -0.3 is 4.74 Å². The van der Waals surface area contributed by atoms with E-state index >= 15 is 0 Å². The largest absolute Gasteiger partial charge is 0.497 e. The van der Waals surface area contributed by atoms with Crippen LogP contribution in [0.15, 0.2) is 72.8 Å². The topological polar surface area (TPSA) is 47.3 Å². The second kappa shape index (κ2) is 8.41. The summed E-state index contributed by atoms with van der Waals surface area (Å²) in [6, 6.07) is 22.1. The highest BCUT2D eigenvalue weighted by Gasteiger charge is 2.19. The summed E-state index contributed by atoms with van der Waals surface area (Å²) in [5.41, 5.74) is 3.08. The lowest BCUT2D eigenvalue weighted by atomic mass is 10.0. The highest BCUT2D eigenvalue weighted by Crippen LogP contribution is 2.13. The van der Waals surface area contributed by atoms with Gasteiger partial charge >= 0.3 is 0 Å². The van der Waals surface area contributed by atoms with E-state index < -0.39 is 0 Å². The van der Waals surface area contributed by atoms with Gasteiger partial charge in [0.05, 0.1) is 20.0 Å². The molecule has 0 aliphatic rings. The minimum absolute atomic E-state index is 0.0276. The maximum Gasteiger partial charge on any atom is 0.189 e. The van der Waals surface area contributed by atoms with Crippen molar-refractivity contribution in [2.45, 2.75) is 12.8 Å². The number of pyridine rings is 1. The fourth-order valence-electron chi connectivity index (χ4n) is 2.97. The normalized spacial score (nSPS) is 10.4. The van der Waals surface area contributed by atoms with E-state index in [9.17, 15) is 9.59 Å². The van der Waals surface area contributed by atoms with E-state index in [-0.39, 0.29) is 18.0 Å². The van der Waals surface area contributed by atoms with Crippen LogP contribution in [0.5, 0.6) is 5.75 Å². The Bertz CT molecular complexity index is 947. The molecule has 4 heteroatoms. The van der Waals surface area contributed by atoms with Crippen molar-refractivity contribution in [1.82, 2.24) is 0 Å². The summed E-state index contributed by atoms with van der Waals surface area (Å²) < 4.78 is 7.06. The molecule has 27 heavy (non-hydrogen) atoms. The van der Waals surface area contributed by atoms with Crippen molar-refractivity contribution >= 4 is 11.6 Å². The zero-order valence-electron chi connectivity index (χ0n) is 15.5. The molecule has 0 aliphatic carbocycles. The molecule has 4 nitrogen and oxygen atoms in total. The van der Waals surface area contributed by atoms with E-state index in [1.54, 1.807) is 31.4 Å². The zero-order valence-corrected chi connectivity index (χ0v) is 15.5. The van der Waals surface area contributed by atoms with Crippen molar-refractivity contribution < 1.29 is 18.9 Å². The van der Waals surface area contributed by atoms with Crippen molar-refractivity contribution in [3.05, 3.63) is 95.3 Å². The Morgan fingerprint density at radius 2 is 1.26 bits per heavy atom. The molecule has 2 aromatic carbocycles. The molecule has 0 radical (unpaired) electrons. The summed E-state index contributed by atoms with van der Waals surface area (Å²) in [7, 11) is 3.49. The van der Waals surface area contributed by atoms with E-state index in [4.69, 9.17) is 4.74 Å². The van der Waals surface area contributed by atoms with Crippen molar-refractivity contribution in [3.63, 3.8) is 0 Å². The third-order valence-corrected chi connectivity index (χ3v) is 4.63. The number of carbonyl (C=O) groups excluding carboxylic acids is 2. The van der Waals surface area contributed by atoms with Crippen LogP contribution < -0.4 is 9.30 Å². The van der Waals surface area contributed by atoms with Gasteiger partial charge in [-0.2, -0.15) is 0 Å². The lowest BCUT2D eigenvalue weighted by Crippen LogP contribution is -2.40. The number of ketones is 2. The third kappa shape index (κ3) is 4.47. The highest BCUT2D eigenvalue weighted by atomic mass is 16.5. The summed E-state index contributed by atoms with van der Waals surface area (Å²) in [4.78, 5) is 25.1. The van der Waals surface area contributed by atoms with E-state index in [0.717, 1.165) is 17.1 Å². The molecule has 1 heterocycles. The van der Waals surface area contributed by atoms with Crippen molar-refractivity contribution in [2.24, 2.45) is 7.05 Å². The third-order valence-electron chi connectivity index (χ3n) is 4.63. The monoisotopic (exact) mass is 360 g/mol. The van der Waals surface area contributed by atoms with Gasteiger partial charge in [-0.15, -0.1) is 0 Å². The van der Waals surface area contributed by atoms with Crippen LogP contribution in [0, 0.1) is 0 Å². The molecule has 0 saturated carbocycles. The number of hydrogen-bond donors (Lipinski definition) is 0. The molecule has 0 saturated heterocycles. The predicted molar refractivity (Wildman–Crippen MR) is 103 cm³/mol. The molecule has 0 N–H and O–H groups in total. The van der Waals surface area contributed by atoms with Crippen molar-refractivity contribution in [2.75, 3.05) is 7.11 Å². The molecule has 0 fully saturated rings.